The predicted octanol–water partition coefficient (Wildman–Crippen LogP) is 3.13. The van der Waals surface area contributed by atoms with E-state index >= 15 is 0 Å². The van der Waals surface area contributed by atoms with Crippen LogP contribution < -0.4 is 0 Å². The van der Waals surface area contributed by atoms with E-state index < -0.39 is 6.10 Å². The van der Waals surface area contributed by atoms with Crippen LogP contribution in [0.5, 0.6) is 0 Å². The van der Waals surface area contributed by atoms with E-state index in [1.54, 1.807) is 16.8 Å². The summed E-state index contributed by atoms with van der Waals surface area (Å²) in [6, 6.07) is 6.08. The fraction of sp³-hybridized carbons (Fsp3) is 0.474. The van der Waals surface area contributed by atoms with Crippen LogP contribution in [0, 0.1) is 11.2 Å². The highest BCUT2D eigenvalue weighted by atomic mass is 19.1. The lowest BCUT2D eigenvalue weighted by Crippen LogP contribution is -2.47. The second-order valence-electron chi connectivity index (χ2n) is 7.05. The Labute approximate surface area is 146 Å². The molecule has 0 bridgehead atoms. The number of ether oxygens (including phenoxy) is 1. The van der Waals surface area contributed by atoms with E-state index in [2.05, 4.69) is 16.4 Å². The summed E-state index contributed by atoms with van der Waals surface area (Å²) >= 11 is 0. The van der Waals surface area contributed by atoms with E-state index in [9.17, 15) is 9.50 Å². The average molecular weight is 343 g/mol. The standard InChI is InChI=1S/C19H22FN3O2/c20-15-7-5-14(6-8-15)16-12-23(22-21-16)17-4-3-10-19(18(17)24)9-1-2-11-25-13-19/h1-2,5-8,12,17-18,24H,3-4,9-11,13H2/t17-,18+,19+/m1/s1. The van der Waals surface area contributed by atoms with Gasteiger partial charge in [0.1, 0.15) is 11.5 Å². The lowest BCUT2D eigenvalue weighted by Gasteiger charge is -2.44. The summed E-state index contributed by atoms with van der Waals surface area (Å²) in [5.41, 5.74) is 1.25. The number of hydrogen-bond donors (Lipinski definition) is 1. The monoisotopic (exact) mass is 343 g/mol. The lowest BCUT2D eigenvalue weighted by molar-refractivity contribution is -0.0875. The summed E-state index contributed by atoms with van der Waals surface area (Å²) in [5, 5.41) is 19.5. The Morgan fingerprint density at radius 3 is 2.92 bits per heavy atom. The van der Waals surface area contributed by atoms with Crippen molar-refractivity contribution in [3.05, 3.63) is 48.4 Å². The van der Waals surface area contributed by atoms with Gasteiger partial charge in [-0.3, -0.25) is 0 Å². The average Bonchev–Trinajstić information content (AvgIpc) is 2.99. The van der Waals surface area contributed by atoms with Crippen LogP contribution in [0.25, 0.3) is 11.3 Å². The Morgan fingerprint density at radius 2 is 2.08 bits per heavy atom. The van der Waals surface area contributed by atoms with Crippen molar-refractivity contribution < 1.29 is 14.2 Å². The SMILES string of the molecule is O[C@H]1[C@H](n2cc(-c3ccc(F)cc3)nn2)CCC[C@]12CC=CCOC2. The number of hydrogen-bond acceptors (Lipinski definition) is 4. The van der Waals surface area contributed by atoms with Crippen molar-refractivity contribution in [3.8, 4) is 11.3 Å². The van der Waals surface area contributed by atoms with Crippen LogP contribution in [0.1, 0.15) is 31.7 Å². The van der Waals surface area contributed by atoms with E-state index in [1.165, 1.54) is 12.1 Å². The molecule has 2 heterocycles. The summed E-state index contributed by atoms with van der Waals surface area (Å²) in [4.78, 5) is 0. The van der Waals surface area contributed by atoms with Crippen molar-refractivity contribution in [2.75, 3.05) is 13.2 Å². The molecule has 5 nitrogen and oxygen atoms in total. The number of halogens is 1. The maximum absolute atomic E-state index is 13.1. The molecule has 1 aromatic heterocycles. The molecule has 3 atom stereocenters. The maximum Gasteiger partial charge on any atom is 0.123 e. The van der Waals surface area contributed by atoms with Crippen molar-refractivity contribution >= 4 is 0 Å². The predicted molar refractivity (Wildman–Crippen MR) is 91.3 cm³/mol. The van der Waals surface area contributed by atoms with Crippen molar-refractivity contribution in [3.63, 3.8) is 0 Å². The summed E-state index contributed by atoms with van der Waals surface area (Å²) in [6.07, 6.45) is 9.10. The van der Waals surface area contributed by atoms with E-state index in [4.69, 9.17) is 4.74 Å². The Hall–Kier alpha value is -2.05. The fourth-order valence-electron chi connectivity index (χ4n) is 4.00. The molecule has 25 heavy (non-hydrogen) atoms. The largest absolute Gasteiger partial charge is 0.390 e. The van der Waals surface area contributed by atoms with Crippen LogP contribution in [0.2, 0.25) is 0 Å². The van der Waals surface area contributed by atoms with Gasteiger partial charge in [0, 0.05) is 11.0 Å². The minimum absolute atomic E-state index is 0.120. The number of aromatic nitrogens is 3. The van der Waals surface area contributed by atoms with Gasteiger partial charge < -0.3 is 9.84 Å². The topological polar surface area (TPSA) is 60.2 Å². The smallest absolute Gasteiger partial charge is 0.123 e. The molecule has 0 amide bonds. The van der Waals surface area contributed by atoms with Crippen molar-refractivity contribution in [2.45, 2.75) is 37.8 Å². The Morgan fingerprint density at radius 1 is 1.24 bits per heavy atom. The van der Waals surface area contributed by atoms with Crippen LogP contribution in [-0.4, -0.2) is 39.4 Å². The van der Waals surface area contributed by atoms with E-state index in [1.807, 2.05) is 12.3 Å². The van der Waals surface area contributed by atoms with Crippen molar-refractivity contribution in [2.24, 2.45) is 5.41 Å². The first-order valence-corrected chi connectivity index (χ1v) is 8.77. The molecule has 0 unspecified atom stereocenters. The highest BCUT2D eigenvalue weighted by molar-refractivity contribution is 5.57. The molecular weight excluding hydrogens is 321 g/mol. The summed E-state index contributed by atoms with van der Waals surface area (Å²) in [6.45, 7) is 1.17. The van der Waals surface area contributed by atoms with Crippen LogP contribution in [0.15, 0.2) is 42.6 Å². The van der Waals surface area contributed by atoms with Gasteiger partial charge in [0.2, 0.25) is 0 Å². The number of allylic oxidation sites excluding steroid dienone is 1. The number of aliphatic hydroxyl groups excluding tert-OH is 1. The molecule has 1 aliphatic carbocycles. The molecule has 4 rings (SSSR count). The van der Waals surface area contributed by atoms with Gasteiger partial charge in [0.15, 0.2) is 0 Å². The fourth-order valence-corrected chi connectivity index (χ4v) is 4.00. The van der Waals surface area contributed by atoms with E-state index in [0.29, 0.717) is 18.9 Å². The van der Waals surface area contributed by atoms with Crippen LogP contribution in [0.3, 0.4) is 0 Å². The molecule has 2 aromatic rings. The molecule has 1 saturated carbocycles. The second kappa shape index (κ2) is 6.69. The first kappa shape index (κ1) is 16.4. The van der Waals surface area contributed by atoms with Gasteiger partial charge in [-0.25, -0.2) is 9.07 Å². The molecule has 0 radical (unpaired) electrons. The van der Waals surface area contributed by atoms with E-state index in [0.717, 1.165) is 31.2 Å². The van der Waals surface area contributed by atoms with Crippen LogP contribution in [-0.2, 0) is 4.74 Å². The number of rotatable bonds is 2. The normalized spacial score (nSPS) is 29.7. The second-order valence-corrected chi connectivity index (χ2v) is 7.05. The minimum atomic E-state index is -0.535. The Kier molecular flexibility index (Phi) is 4.39. The van der Waals surface area contributed by atoms with Crippen LogP contribution >= 0.6 is 0 Å². The van der Waals surface area contributed by atoms with Gasteiger partial charge in [0.25, 0.3) is 0 Å². The molecule has 1 N–H and O–H groups in total. The van der Waals surface area contributed by atoms with Gasteiger partial charge in [-0.2, -0.15) is 0 Å². The van der Waals surface area contributed by atoms with Gasteiger partial charge in [-0.1, -0.05) is 23.8 Å². The molecule has 0 saturated heterocycles. The number of nitrogens with zero attached hydrogens (tertiary/aromatic N) is 3. The summed E-state index contributed by atoms with van der Waals surface area (Å²) < 4.78 is 20.6. The third-order valence-electron chi connectivity index (χ3n) is 5.45. The minimum Gasteiger partial charge on any atom is -0.390 e. The van der Waals surface area contributed by atoms with Gasteiger partial charge >= 0.3 is 0 Å². The molecule has 132 valence electrons. The molecule has 2 aliphatic rings. The third-order valence-corrected chi connectivity index (χ3v) is 5.45. The Bertz CT molecular complexity index is 758. The first-order valence-electron chi connectivity index (χ1n) is 8.77. The highest BCUT2D eigenvalue weighted by Gasteiger charge is 2.45. The molecule has 6 heteroatoms. The molecule has 1 fully saturated rings. The summed E-state index contributed by atoms with van der Waals surface area (Å²) in [5.74, 6) is -0.276. The summed E-state index contributed by atoms with van der Waals surface area (Å²) in [7, 11) is 0. The van der Waals surface area contributed by atoms with Gasteiger partial charge in [-0.15, -0.1) is 5.10 Å². The lowest BCUT2D eigenvalue weighted by atomic mass is 9.68. The maximum atomic E-state index is 13.1. The quantitative estimate of drug-likeness (QED) is 0.851. The van der Waals surface area contributed by atoms with E-state index in [-0.39, 0.29) is 17.3 Å². The zero-order valence-electron chi connectivity index (χ0n) is 14.0. The highest BCUT2D eigenvalue weighted by Crippen LogP contribution is 2.45. The first-order chi connectivity index (χ1) is 12.2. The van der Waals surface area contributed by atoms with Crippen LogP contribution in [0.4, 0.5) is 4.39 Å². The number of aliphatic hydroxyl groups is 1. The van der Waals surface area contributed by atoms with Crippen molar-refractivity contribution in [1.82, 2.24) is 15.0 Å². The molecule has 1 spiro atoms. The third kappa shape index (κ3) is 3.12. The van der Waals surface area contributed by atoms with Gasteiger partial charge in [-0.05, 0) is 43.5 Å². The van der Waals surface area contributed by atoms with Crippen molar-refractivity contribution in [1.29, 1.82) is 0 Å². The number of benzene rings is 1. The van der Waals surface area contributed by atoms with Gasteiger partial charge in [0.05, 0.1) is 31.6 Å². The zero-order valence-corrected chi connectivity index (χ0v) is 14.0. The molecule has 1 aliphatic heterocycles. The Balaban J connectivity index is 1.59. The molecule has 1 aromatic carbocycles. The zero-order chi connectivity index (χ0) is 17.3. The molecular formula is C19H22FN3O2.